The van der Waals surface area contributed by atoms with Crippen molar-refractivity contribution in [2.75, 3.05) is 0 Å². The molecular weight excluding hydrogens is 366 g/mol. The third kappa shape index (κ3) is 3.65. The fourth-order valence-corrected chi connectivity index (χ4v) is 3.41. The normalized spacial score (nSPS) is 11.3. The zero-order valence-corrected chi connectivity index (χ0v) is 14.5. The first-order valence-electron chi connectivity index (χ1n) is 6.85. The highest BCUT2D eigenvalue weighted by Crippen LogP contribution is 2.33. The van der Waals surface area contributed by atoms with Crippen LogP contribution in [0.15, 0.2) is 47.8 Å². The number of nitriles is 1. The molecule has 2 nitrogen and oxygen atoms in total. The Morgan fingerprint density at radius 2 is 2.04 bits per heavy atom. The van der Waals surface area contributed by atoms with Gasteiger partial charge in [0.15, 0.2) is 0 Å². The molecule has 0 fully saturated rings. The molecule has 0 radical (unpaired) electrons. The monoisotopic (exact) mass is 374 g/mol. The summed E-state index contributed by atoms with van der Waals surface area (Å²) in [5.41, 5.74) is 2.37. The summed E-state index contributed by atoms with van der Waals surface area (Å²) >= 11 is 13.4. The SMILES string of the molecule is N#C/C(=C\c1cccc(F)c1)c1nc(-c2ccc(Cl)cc2Cl)cs1. The highest BCUT2D eigenvalue weighted by Gasteiger charge is 2.12. The highest BCUT2D eigenvalue weighted by atomic mass is 35.5. The highest BCUT2D eigenvalue weighted by molar-refractivity contribution is 7.11. The molecular formula is C18H9Cl2FN2S. The van der Waals surface area contributed by atoms with E-state index in [9.17, 15) is 9.65 Å². The Labute approximate surface area is 152 Å². The predicted octanol–water partition coefficient (Wildman–Crippen LogP) is 6.32. The van der Waals surface area contributed by atoms with E-state index in [1.807, 2.05) is 5.38 Å². The number of hydrogen-bond acceptors (Lipinski definition) is 3. The number of allylic oxidation sites excluding steroid dienone is 1. The summed E-state index contributed by atoms with van der Waals surface area (Å²) < 4.78 is 13.3. The van der Waals surface area contributed by atoms with Gasteiger partial charge in [-0.05, 0) is 42.0 Å². The van der Waals surface area contributed by atoms with Crippen molar-refractivity contribution in [3.8, 4) is 17.3 Å². The molecule has 0 atom stereocenters. The van der Waals surface area contributed by atoms with Crippen LogP contribution in [0.25, 0.3) is 22.9 Å². The van der Waals surface area contributed by atoms with Gasteiger partial charge in [0, 0.05) is 16.0 Å². The molecule has 3 aromatic rings. The molecule has 0 saturated heterocycles. The van der Waals surface area contributed by atoms with Gasteiger partial charge in [-0.2, -0.15) is 5.26 Å². The van der Waals surface area contributed by atoms with Crippen LogP contribution in [0.5, 0.6) is 0 Å². The Hall–Kier alpha value is -2.19. The number of thiazole rings is 1. The fourth-order valence-electron chi connectivity index (χ4n) is 2.12. The second kappa shape index (κ2) is 7.14. The minimum atomic E-state index is -0.353. The van der Waals surface area contributed by atoms with Crippen LogP contribution in [-0.2, 0) is 0 Å². The summed E-state index contributed by atoms with van der Waals surface area (Å²) in [5, 5.41) is 12.8. The van der Waals surface area contributed by atoms with Gasteiger partial charge in [-0.25, -0.2) is 9.37 Å². The van der Waals surface area contributed by atoms with Crippen LogP contribution in [0.4, 0.5) is 4.39 Å². The molecule has 1 aromatic heterocycles. The van der Waals surface area contributed by atoms with E-state index >= 15 is 0 Å². The quantitative estimate of drug-likeness (QED) is 0.502. The van der Waals surface area contributed by atoms with E-state index in [1.54, 1.807) is 36.4 Å². The van der Waals surface area contributed by atoms with Crippen LogP contribution < -0.4 is 0 Å². The van der Waals surface area contributed by atoms with E-state index in [-0.39, 0.29) is 5.82 Å². The van der Waals surface area contributed by atoms with Crippen molar-refractivity contribution in [3.63, 3.8) is 0 Å². The van der Waals surface area contributed by atoms with Gasteiger partial charge in [-0.3, -0.25) is 0 Å². The summed E-state index contributed by atoms with van der Waals surface area (Å²) in [6.45, 7) is 0. The van der Waals surface area contributed by atoms with Crippen LogP contribution in [-0.4, -0.2) is 4.98 Å². The number of nitrogens with zero attached hydrogens (tertiary/aromatic N) is 2. The van der Waals surface area contributed by atoms with Crippen LogP contribution in [0.1, 0.15) is 10.6 Å². The second-order valence-electron chi connectivity index (χ2n) is 4.89. The molecule has 0 spiro atoms. The van der Waals surface area contributed by atoms with E-state index in [0.29, 0.717) is 31.9 Å². The van der Waals surface area contributed by atoms with E-state index in [2.05, 4.69) is 11.1 Å². The third-order valence-electron chi connectivity index (χ3n) is 3.22. The van der Waals surface area contributed by atoms with Crippen molar-refractivity contribution in [2.24, 2.45) is 0 Å². The molecule has 0 saturated carbocycles. The first-order valence-corrected chi connectivity index (χ1v) is 8.49. The molecule has 2 aromatic carbocycles. The van der Waals surface area contributed by atoms with Crippen molar-refractivity contribution in [1.82, 2.24) is 4.98 Å². The number of hydrogen-bond donors (Lipinski definition) is 0. The maximum Gasteiger partial charge on any atom is 0.134 e. The van der Waals surface area contributed by atoms with Gasteiger partial charge < -0.3 is 0 Å². The smallest absolute Gasteiger partial charge is 0.134 e. The Morgan fingerprint density at radius 1 is 1.21 bits per heavy atom. The van der Waals surface area contributed by atoms with Crippen LogP contribution >= 0.6 is 34.5 Å². The Balaban J connectivity index is 1.98. The molecule has 0 aliphatic rings. The maximum atomic E-state index is 13.3. The lowest BCUT2D eigenvalue weighted by Crippen LogP contribution is -1.84. The zero-order chi connectivity index (χ0) is 17.1. The molecule has 0 amide bonds. The number of rotatable bonds is 3. The maximum absolute atomic E-state index is 13.3. The van der Waals surface area contributed by atoms with E-state index in [4.69, 9.17) is 23.2 Å². The predicted molar refractivity (Wildman–Crippen MR) is 97.5 cm³/mol. The molecule has 24 heavy (non-hydrogen) atoms. The second-order valence-corrected chi connectivity index (χ2v) is 6.59. The topological polar surface area (TPSA) is 36.7 Å². The molecule has 0 aliphatic heterocycles. The third-order valence-corrected chi connectivity index (χ3v) is 4.65. The summed E-state index contributed by atoms with van der Waals surface area (Å²) in [6, 6.07) is 13.3. The standard InChI is InChI=1S/C18H9Cl2FN2S/c19-13-4-5-15(16(20)8-13)17-10-24-18(23-17)12(9-22)6-11-2-1-3-14(21)7-11/h1-8,10H/b12-6+. The average molecular weight is 375 g/mol. The Morgan fingerprint density at radius 3 is 2.75 bits per heavy atom. The minimum Gasteiger partial charge on any atom is -0.235 e. The minimum absolute atomic E-state index is 0.353. The van der Waals surface area contributed by atoms with Crippen LogP contribution in [0, 0.1) is 17.1 Å². The van der Waals surface area contributed by atoms with E-state index in [0.717, 1.165) is 5.56 Å². The van der Waals surface area contributed by atoms with Gasteiger partial charge in [0.25, 0.3) is 0 Å². The first kappa shape index (κ1) is 16.7. The van der Waals surface area contributed by atoms with Gasteiger partial charge in [0.1, 0.15) is 16.9 Å². The van der Waals surface area contributed by atoms with Crippen molar-refractivity contribution in [1.29, 1.82) is 5.26 Å². The molecule has 1 heterocycles. The summed E-state index contributed by atoms with van der Waals surface area (Å²) in [5.74, 6) is -0.353. The lowest BCUT2D eigenvalue weighted by atomic mass is 10.1. The zero-order valence-electron chi connectivity index (χ0n) is 12.1. The average Bonchev–Trinajstić information content (AvgIpc) is 3.02. The van der Waals surface area contributed by atoms with Crippen LogP contribution in [0.2, 0.25) is 10.0 Å². The first-order chi connectivity index (χ1) is 11.6. The molecule has 0 bridgehead atoms. The van der Waals surface area contributed by atoms with Gasteiger partial charge in [0.2, 0.25) is 0 Å². The molecule has 0 unspecified atom stereocenters. The largest absolute Gasteiger partial charge is 0.235 e. The van der Waals surface area contributed by atoms with Crippen LogP contribution in [0.3, 0.4) is 0 Å². The Kier molecular flexibility index (Phi) is 4.96. The number of benzene rings is 2. The lowest BCUT2D eigenvalue weighted by molar-refractivity contribution is 0.627. The molecule has 118 valence electrons. The fraction of sp³-hybridized carbons (Fsp3) is 0. The van der Waals surface area contributed by atoms with Gasteiger partial charge in [-0.15, -0.1) is 11.3 Å². The van der Waals surface area contributed by atoms with Gasteiger partial charge >= 0.3 is 0 Å². The summed E-state index contributed by atoms with van der Waals surface area (Å²) in [6.07, 6.45) is 1.61. The van der Waals surface area contributed by atoms with E-state index < -0.39 is 0 Å². The molecule has 6 heteroatoms. The molecule has 0 N–H and O–H groups in total. The van der Waals surface area contributed by atoms with Gasteiger partial charge in [-0.1, -0.05) is 35.3 Å². The van der Waals surface area contributed by atoms with E-state index in [1.165, 1.54) is 23.5 Å². The van der Waals surface area contributed by atoms with Crippen molar-refractivity contribution in [3.05, 3.63) is 74.3 Å². The van der Waals surface area contributed by atoms with Crippen molar-refractivity contribution in [2.45, 2.75) is 0 Å². The lowest BCUT2D eigenvalue weighted by Gasteiger charge is -2.01. The number of aromatic nitrogens is 1. The summed E-state index contributed by atoms with van der Waals surface area (Å²) in [7, 11) is 0. The van der Waals surface area contributed by atoms with Gasteiger partial charge in [0.05, 0.1) is 16.3 Å². The molecule has 0 aliphatic carbocycles. The summed E-state index contributed by atoms with van der Waals surface area (Å²) in [4.78, 5) is 4.47. The van der Waals surface area contributed by atoms with Crippen molar-refractivity contribution < 1.29 is 4.39 Å². The van der Waals surface area contributed by atoms with Crippen molar-refractivity contribution >= 4 is 46.2 Å². The Bertz CT molecular complexity index is 973. The number of halogens is 3. The molecule has 3 rings (SSSR count).